The Kier molecular flexibility index (Phi) is 3.57. The summed E-state index contributed by atoms with van der Waals surface area (Å²) in [5.74, 6) is -1.29. The molecule has 5 nitrogen and oxygen atoms in total. The number of rotatable bonds is 2. The molecule has 1 aliphatic carbocycles. The molecule has 5 heteroatoms. The van der Waals surface area contributed by atoms with Crippen molar-refractivity contribution in [1.29, 1.82) is 0 Å². The lowest BCUT2D eigenvalue weighted by molar-refractivity contribution is -0.141. The highest BCUT2D eigenvalue weighted by Crippen LogP contribution is 2.33. The largest absolute Gasteiger partial charge is 0.507 e. The van der Waals surface area contributed by atoms with E-state index in [1.807, 2.05) is 6.07 Å². The van der Waals surface area contributed by atoms with Gasteiger partial charge >= 0.3 is 5.97 Å². The zero-order valence-corrected chi connectivity index (χ0v) is 11.8. The fourth-order valence-electron chi connectivity index (χ4n) is 3.40. The number of carboxylic acids is 1. The van der Waals surface area contributed by atoms with Crippen LogP contribution in [-0.4, -0.2) is 39.6 Å². The van der Waals surface area contributed by atoms with Crippen LogP contribution in [0.2, 0.25) is 0 Å². The van der Waals surface area contributed by atoms with Gasteiger partial charge in [0.15, 0.2) is 0 Å². The second-order valence-electron chi connectivity index (χ2n) is 5.80. The second kappa shape index (κ2) is 5.39. The Hall–Kier alpha value is -2.04. The molecule has 3 rings (SSSR count). The van der Waals surface area contributed by atoms with Crippen molar-refractivity contribution in [3.8, 4) is 5.75 Å². The summed E-state index contributed by atoms with van der Waals surface area (Å²) in [5, 5.41) is 19.6. The SMILES string of the molecule is O=C(O)C1CCCN1C(=O)c1ccc2c(c1O)CCCC2. The van der Waals surface area contributed by atoms with E-state index in [-0.39, 0.29) is 17.2 Å². The van der Waals surface area contributed by atoms with Gasteiger partial charge in [-0.25, -0.2) is 4.79 Å². The van der Waals surface area contributed by atoms with E-state index >= 15 is 0 Å². The van der Waals surface area contributed by atoms with Crippen LogP contribution in [0.15, 0.2) is 12.1 Å². The van der Waals surface area contributed by atoms with Gasteiger partial charge in [0.25, 0.3) is 5.91 Å². The maximum Gasteiger partial charge on any atom is 0.326 e. The van der Waals surface area contributed by atoms with Crippen molar-refractivity contribution in [2.75, 3.05) is 6.54 Å². The molecule has 0 aromatic heterocycles. The molecule has 112 valence electrons. The molecule has 1 aromatic carbocycles. The van der Waals surface area contributed by atoms with Crippen LogP contribution in [0.5, 0.6) is 5.75 Å². The molecule has 2 aliphatic rings. The van der Waals surface area contributed by atoms with Gasteiger partial charge in [0.05, 0.1) is 5.56 Å². The Morgan fingerprint density at radius 1 is 1.14 bits per heavy atom. The molecule has 1 heterocycles. The Labute approximate surface area is 123 Å². The van der Waals surface area contributed by atoms with E-state index in [9.17, 15) is 19.8 Å². The Bertz CT molecular complexity index is 596. The average molecular weight is 289 g/mol. The zero-order valence-electron chi connectivity index (χ0n) is 11.8. The van der Waals surface area contributed by atoms with E-state index in [0.717, 1.165) is 36.8 Å². The summed E-state index contributed by atoms with van der Waals surface area (Å²) in [7, 11) is 0. The van der Waals surface area contributed by atoms with Gasteiger partial charge in [-0.15, -0.1) is 0 Å². The van der Waals surface area contributed by atoms with Gasteiger partial charge in [-0.3, -0.25) is 4.79 Å². The summed E-state index contributed by atoms with van der Waals surface area (Å²) < 4.78 is 0. The van der Waals surface area contributed by atoms with Crippen LogP contribution >= 0.6 is 0 Å². The van der Waals surface area contributed by atoms with Crippen molar-refractivity contribution in [2.24, 2.45) is 0 Å². The predicted molar refractivity (Wildman–Crippen MR) is 76.4 cm³/mol. The molecule has 2 N–H and O–H groups in total. The standard InChI is InChI=1S/C16H19NO4/c18-14-11-5-2-1-4-10(11)7-8-12(14)15(19)17-9-3-6-13(17)16(20)21/h7-8,13,18H,1-6,9H2,(H,20,21). The molecule has 1 amide bonds. The number of benzene rings is 1. The Balaban J connectivity index is 1.93. The number of phenolic OH excluding ortho intramolecular Hbond substituents is 1. The first kappa shape index (κ1) is 13.9. The molecule has 0 radical (unpaired) electrons. The van der Waals surface area contributed by atoms with Crippen molar-refractivity contribution in [2.45, 2.75) is 44.6 Å². The first-order valence-electron chi connectivity index (χ1n) is 7.47. The number of hydrogen-bond acceptors (Lipinski definition) is 3. The molecule has 0 saturated carbocycles. The van der Waals surface area contributed by atoms with E-state index in [4.69, 9.17) is 0 Å². The third kappa shape index (κ3) is 2.37. The van der Waals surface area contributed by atoms with Crippen LogP contribution in [-0.2, 0) is 17.6 Å². The first-order valence-corrected chi connectivity index (χ1v) is 7.47. The smallest absolute Gasteiger partial charge is 0.326 e. The molecular formula is C16H19NO4. The summed E-state index contributed by atoms with van der Waals surface area (Å²) >= 11 is 0. The van der Waals surface area contributed by atoms with Gasteiger partial charge < -0.3 is 15.1 Å². The van der Waals surface area contributed by atoms with Gasteiger partial charge in [-0.05, 0) is 55.7 Å². The number of nitrogens with zero attached hydrogens (tertiary/aromatic N) is 1. The van der Waals surface area contributed by atoms with Gasteiger partial charge in [0.1, 0.15) is 11.8 Å². The zero-order chi connectivity index (χ0) is 15.0. The van der Waals surface area contributed by atoms with Gasteiger partial charge in [-0.1, -0.05) is 6.07 Å². The van der Waals surface area contributed by atoms with E-state index < -0.39 is 12.0 Å². The minimum Gasteiger partial charge on any atom is -0.507 e. The number of fused-ring (bicyclic) bond motifs is 1. The van der Waals surface area contributed by atoms with Gasteiger partial charge in [-0.2, -0.15) is 0 Å². The highest BCUT2D eigenvalue weighted by molar-refractivity contribution is 5.99. The molecule has 1 unspecified atom stereocenters. The minimum atomic E-state index is -0.974. The normalized spacial score (nSPS) is 21.1. The number of carbonyl (C=O) groups is 2. The number of likely N-dealkylation sites (tertiary alicyclic amines) is 1. The number of hydrogen-bond donors (Lipinski definition) is 2. The monoisotopic (exact) mass is 289 g/mol. The summed E-state index contributed by atoms with van der Waals surface area (Å²) in [6.07, 6.45) is 5.00. The quantitative estimate of drug-likeness (QED) is 0.872. The van der Waals surface area contributed by atoms with E-state index in [1.165, 1.54) is 4.90 Å². The number of aromatic hydroxyl groups is 1. The highest BCUT2D eigenvalue weighted by Gasteiger charge is 2.35. The molecule has 1 fully saturated rings. The van der Waals surface area contributed by atoms with Crippen LogP contribution in [0.4, 0.5) is 0 Å². The number of carbonyl (C=O) groups excluding carboxylic acids is 1. The fourth-order valence-corrected chi connectivity index (χ4v) is 3.40. The number of phenols is 1. The van der Waals surface area contributed by atoms with Crippen LogP contribution in [0.3, 0.4) is 0 Å². The van der Waals surface area contributed by atoms with Crippen molar-refractivity contribution in [1.82, 2.24) is 4.90 Å². The maximum atomic E-state index is 12.6. The molecule has 21 heavy (non-hydrogen) atoms. The topological polar surface area (TPSA) is 77.8 Å². The molecule has 1 atom stereocenters. The van der Waals surface area contributed by atoms with E-state index in [0.29, 0.717) is 19.4 Å². The summed E-state index contributed by atoms with van der Waals surface area (Å²) in [6.45, 7) is 0.437. The number of aryl methyl sites for hydroxylation is 1. The predicted octanol–water partition coefficient (Wildman–Crippen LogP) is 1.96. The van der Waals surface area contributed by atoms with Crippen LogP contribution in [0.1, 0.15) is 47.2 Å². The van der Waals surface area contributed by atoms with Crippen LogP contribution in [0.25, 0.3) is 0 Å². The van der Waals surface area contributed by atoms with E-state index in [2.05, 4.69) is 0 Å². The summed E-state index contributed by atoms with van der Waals surface area (Å²) in [6, 6.07) is 2.76. The summed E-state index contributed by atoms with van der Waals surface area (Å²) in [4.78, 5) is 25.1. The second-order valence-corrected chi connectivity index (χ2v) is 5.80. The minimum absolute atomic E-state index is 0.0493. The number of carboxylic acid groups (broad SMARTS) is 1. The number of amides is 1. The van der Waals surface area contributed by atoms with Gasteiger partial charge in [0.2, 0.25) is 0 Å². The molecule has 1 saturated heterocycles. The maximum absolute atomic E-state index is 12.6. The Morgan fingerprint density at radius 2 is 1.90 bits per heavy atom. The molecular weight excluding hydrogens is 270 g/mol. The summed E-state index contributed by atoms with van der Waals surface area (Å²) in [5.41, 5.74) is 2.20. The van der Waals surface area contributed by atoms with Gasteiger partial charge in [0, 0.05) is 6.54 Å². The molecule has 1 aromatic rings. The third-order valence-electron chi connectivity index (χ3n) is 4.53. The van der Waals surface area contributed by atoms with E-state index in [1.54, 1.807) is 6.07 Å². The lowest BCUT2D eigenvalue weighted by atomic mass is 9.89. The number of aliphatic carboxylic acids is 1. The van der Waals surface area contributed by atoms with Crippen LogP contribution < -0.4 is 0 Å². The van der Waals surface area contributed by atoms with Crippen molar-refractivity contribution >= 4 is 11.9 Å². The third-order valence-corrected chi connectivity index (χ3v) is 4.53. The van der Waals surface area contributed by atoms with Crippen molar-refractivity contribution in [3.05, 3.63) is 28.8 Å². The Morgan fingerprint density at radius 3 is 2.67 bits per heavy atom. The fraction of sp³-hybridized carbons (Fsp3) is 0.500. The lowest BCUT2D eigenvalue weighted by Gasteiger charge is -2.24. The molecule has 0 bridgehead atoms. The molecule has 0 spiro atoms. The average Bonchev–Trinajstić information content (AvgIpc) is 2.97. The highest BCUT2D eigenvalue weighted by atomic mass is 16.4. The first-order chi connectivity index (χ1) is 10.1. The van der Waals surface area contributed by atoms with Crippen molar-refractivity contribution in [3.63, 3.8) is 0 Å². The molecule has 1 aliphatic heterocycles. The van der Waals surface area contributed by atoms with Crippen molar-refractivity contribution < 1.29 is 19.8 Å². The van der Waals surface area contributed by atoms with Crippen LogP contribution in [0, 0.1) is 0 Å². The lowest BCUT2D eigenvalue weighted by Crippen LogP contribution is -2.40.